The summed E-state index contributed by atoms with van der Waals surface area (Å²) in [4.78, 5) is 1.10. The summed E-state index contributed by atoms with van der Waals surface area (Å²) < 4.78 is 55.4. The molecular formula is C23H28F3NO3S. The van der Waals surface area contributed by atoms with Crippen LogP contribution in [0, 0.1) is 6.92 Å². The van der Waals surface area contributed by atoms with Crippen molar-refractivity contribution in [1.82, 2.24) is 5.32 Å². The zero-order valence-corrected chi connectivity index (χ0v) is 18.5. The van der Waals surface area contributed by atoms with Crippen LogP contribution in [0.5, 0.6) is 11.5 Å². The Kier molecular flexibility index (Phi) is 8.51. The van der Waals surface area contributed by atoms with Crippen LogP contribution in [0.25, 0.3) is 0 Å². The number of aryl methyl sites for hydroxylation is 1. The normalized spacial score (nSPS) is 17.5. The predicted molar refractivity (Wildman–Crippen MR) is 116 cm³/mol. The molecule has 0 bridgehead atoms. The summed E-state index contributed by atoms with van der Waals surface area (Å²) >= 11 is 1.65. The molecule has 1 aliphatic heterocycles. The van der Waals surface area contributed by atoms with Gasteiger partial charge in [0, 0.05) is 17.3 Å². The summed E-state index contributed by atoms with van der Waals surface area (Å²) in [7, 11) is 0. The fourth-order valence-electron chi connectivity index (χ4n) is 3.25. The van der Waals surface area contributed by atoms with Gasteiger partial charge in [0.25, 0.3) is 0 Å². The van der Waals surface area contributed by atoms with Crippen LogP contribution in [0.15, 0.2) is 47.4 Å². The second kappa shape index (κ2) is 11.1. The summed E-state index contributed by atoms with van der Waals surface area (Å²) in [6.07, 6.45) is -2.30. The molecule has 4 nitrogen and oxygen atoms in total. The first-order valence-corrected chi connectivity index (χ1v) is 11.4. The molecule has 1 N–H and O–H groups in total. The van der Waals surface area contributed by atoms with Crippen LogP contribution in [0.1, 0.15) is 30.9 Å². The molecule has 0 aliphatic carbocycles. The molecule has 31 heavy (non-hydrogen) atoms. The molecule has 1 saturated heterocycles. The first-order chi connectivity index (χ1) is 14.8. The predicted octanol–water partition coefficient (Wildman–Crippen LogP) is 5.68. The van der Waals surface area contributed by atoms with E-state index >= 15 is 0 Å². The average Bonchev–Trinajstić information content (AvgIpc) is 3.25. The van der Waals surface area contributed by atoms with Crippen LogP contribution in [-0.2, 0) is 10.9 Å². The lowest BCUT2D eigenvalue weighted by molar-refractivity contribution is -0.137. The maximum atomic E-state index is 12.7. The van der Waals surface area contributed by atoms with Crippen LogP contribution in [-0.4, -0.2) is 37.8 Å². The zero-order chi connectivity index (χ0) is 22.3. The third kappa shape index (κ3) is 7.33. The number of alkyl halides is 3. The van der Waals surface area contributed by atoms with E-state index in [1.807, 2.05) is 26.0 Å². The molecule has 1 heterocycles. The van der Waals surface area contributed by atoms with Crippen molar-refractivity contribution in [3.63, 3.8) is 0 Å². The Hall–Kier alpha value is -1.90. The number of ether oxygens (including phenoxy) is 3. The first kappa shape index (κ1) is 23.8. The molecule has 0 aromatic heterocycles. The van der Waals surface area contributed by atoms with Gasteiger partial charge in [0.1, 0.15) is 30.4 Å². The van der Waals surface area contributed by atoms with Gasteiger partial charge in [0.2, 0.25) is 0 Å². The average molecular weight is 456 g/mol. The minimum Gasteiger partial charge on any atom is -0.491 e. The fourth-order valence-corrected chi connectivity index (χ4v) is 4.24. The largest absolute Gasteiger partial charge is 0.491 e. The molecule has 0 spiro atoms. The molecule has 3 rings (SSSR count). The van der Waals surface area contributed by atoms with Gasteiger partial charge in [-0.15, -0.1) is 11.8 Å². The van der Waals surface area contributed by atoms with Gasteiger partial charge in [-0.1, -0.05) is 0 Å². The number of benzene rings is 2. The lowest BCUT2D eigenvalue weighted by Crippen LogP contribution is -2.27. The maximum Gasteiger partial charge on any atom is 0.416 e. The molecule has 170 valence electrons. The van der Waals surface area contributed by atoms with Crippen molar-refractivity contribution in [3.8, 4) is 11.5 Å². The monoisotopic (exact) mass is 455 g/mol. The molecule has 1 unspecified atom stereocenters. The summed E-state index contributed by atoms with van der Waals surface area (Å²) in [5, 5.41) is 3.33. The Labute approximate surface area is 185 Å². The van der Waals surface area contributed by atoms with Crippen LogP contribution < -0.4 is 14.8 Å². The fraction of sp³-hybridized carbons (Fsp3) is 0.478. The van der Waals surface area contributed by atoms with E-state index in [1.54, 1.807) is 11.8 Å². The molecule has 2 aromatic rings. The van der Waals surface area contributed by atoms with E-state index in [0.29, 0.717) is 18.1 Å². The lowest BCUT2D eigenvalue weighted by atomic mass is 10.2. The van der Waals surface area contributed by atoms with Gasteiger partial charge in [-0.3, -0.25) is 5.32 Å². The van der Waals surface area contributed by atoms with E-state index in [2.05, 4.69) is 11.4 Å². The molecule has 1 aliphatic rings. The Bertz CT molecular complexity index is 824. The zero-order valence-electron chi connectivity index (χ0n) is 17.7. The van der Waals surface area contributed by atoms with E-state index in [9.17, 15) is 13.2 Å². The van der Waals surface area contributed by atoms with Crippen LogP contribution >= 0.6 is 11.8 Å². The maximum absolute atomic E-state index is 12.7. The number of rotatable bonds is 10. The SMILES string of the molecule is CCOC(COc1ccc(C(F)(F)F)cc1)CSc1ccc(O[C@@H]2CCCN2)c(C)c1. The van der Waals surface area contributed by atoms with Gasteiger partial charge in [0.05, 0.1) is 5.56 Å². The van der Waals surface area contributed by atoms with Crippen molar-refractivity contribution >= 4 is 11.8 Å². The molecule has 1 fully saturated rings. The summed E-state index contributed by atoms with van der Waals surface area (Å²) in [5.74, 6) is 1.94. The van der Waals surface area contributed by atoms with Crippen molar-refractivity contribution in [1.29, 1.82) is 0 Å². The van der Waals surface area contributed by atoms with Crippen molar-refractivity contribution in [2.75, 3.05) is 25.5 Å². The van der Waals surface area contributed by atoms with Crippen LogP contribution in [0.4, 0.5) is 13.2 Å². The van der Waals surface area contributed by atoms with Crippen molar-refractivity contribution in [3.05, 3.63) is 53.6 Å². The number of hydrogen-bond donors (Lipinski definition) is 1. The van der Waals surface area contributed by atoms with E-state index in [-0.39, 0.29) is 18.9 Å². The van der Waals surface area contributed by atoms with Crippen molar-refractivity contribution < 1.29 is 27.4 Å². The van der Waals surface area contributed by atoms with Gasteiger partial charge in [-0.2, -0.15) is 13.2 Å². The number of halogens is 3. The molecule has 2 aromatic carbocycles. The van der Waals surface area contributed by atoms with E-state index in [0.717, 1.165) is 47.7 Å². The Balaban J connectivity index is 1.51. The van der Waals surface area contributed by atoms with Gasteiger partial charge in [0.15, 0.2) is 0 Å². The molecule has 8 heteroatoms. The quantitative estimate of drug-likeness (QED) is 0.467. The number of hydrogen-bond acceptors (Lipinski definition) is 5. The Morgan fingerprint density at radius 2 is 1.94 bits per heavy atom. The van der Waals surface area contributed by atoms with Gasteiger partial charge in [-0.05, 0) is 81.3 Å². The Morgan fingerprint density at radius 1 is 1.16 bits per heavy atom. The highest BCUT2D eigenvalue weighted by Gasteiger charge is 2.30. The minimum atomic E-state index is -4.35. The summed E-state index contributed by atoms with van der Waals surface area (Å²) in [5.41, 5.74) is 0.385. The molecule has 0 radical (unpaired) electrons. The molecule has 0 saturated carbocycles. The van der Waals surface area contributed by atoms with E-state index < -0.39 is 11.7 Å². The molecule has 2 atom stereocenters. The van der Waals surface area contributed by atoms with Crippen molar-refractivity contribution in [2.24, 2.45) is 0 Å². The van der Waals surface area contributed by atoms with Gasteiger partial charge in [-0.25, -0.2) is 0 Å². The minimum absolute atomic E-state index is 0.0851. The third-order valence-electron chi connectivity index (χ3n) is 4.89. The molecule has 0 amide bonds. The lowest BCUT2D eigenvalue weighted by Gasteiger charge is -2.19. The van der Waals surface area contributed by atoms with Crippen molar-refractivity contribution in [2.45, 2.75) is 50.1 Å². The first-order valence-electron chi connectivity index (χ1n) is 10.4. The topological polar surface area (TPSA) is 39.7 Å². The number of thioether (sulfide) groups is 1. The highest BCUT2D eigenvalue weighted by atomic mass is 32.2. The summed E-state index contributed by atoms with van der Waals surface area (Å²) in [6.45, 7) is 5.72. The second-order valence-corrected chi connectivity index (χ2v) is 8.45. The second-order valence-electron chi connectivity index (χ2n) is 7.35. The van der Waals surface area contributed by atoms with Gasteiger partial charge < -0.3 is 14.2 Å². The Morgan fingerprint density at radius 3 is 2.55 bits per heavy atom. The van der Waals surface area contributed by atoms with Crippen LogP contribution in [0.3, 0.4) is 0 Å². The van der Waals surface area contributed by atoms with E-state index in [1.165, 1.54) is 12.1 Å². The van der Waals surface area contributed by atoms with Gasteiger partial charge >= 0.3 is 6.18 Å². The summed E-state index contributed by atoms with van der Waals surface area (Å²) in [6, 6.07) is 10.8. The highest BCUT2D eigenvalue weighted by Crippen LogP contribution is 2.31. The smallest absolute Gasteiger partial charge is 0.416 e. The third-order valence-corrected chi connectivity index (χ3v) is 6.01. The standard InChI is InChI=1S/C23H28F3NO3S/c1-3-28-19(14-29-18-8-6-17(7-9-18)23(24,25)26)15-31-20-10-11-21(16(2)13-20)30-22-5-4-12-27-22/h6-11,13,19,22,27H,3-5,12,14-15H2,1-2H3/t19?,22-/m1/s1. The van der Waals surface area contributed by atoms with Crippen LogP contribution in [0.2, 0.25) is 0 Å². The van der Waals surface area contributed by atoms with E-state index in [4.69, 9.17) is 14.2 Å². The molecular weight excluding hydrogens is 427 g/mol. The highest BCUT2D eigenvalue weighted by molar-refractivity contribution is 7.99. The number of nitrogens with one attached hydrogen (secondary N) is 1.